The molecule has 152 valence electrons. The van der Waals surface area contributed by atoms with Gasteiger partial charge in [-0.3, -0.25) is 0 Å². The highest BCUT2D eigenvalue weighted by atomic mass is 19.2. The van der Waals surface area contributed by atoms with Crippen LogP contribution in [0.4, 0.5) is 13.2 Å². The molecule has 0 unspecified atom stereocenters. The summed E-state index contributed by atoms with van der Waals surface area (Å²) in [5.41, 5.74) is 1.69. The molecule has 1 aliphatic carbocycles. The van der Waals surface area contributed by atoms with Gasteiger partial charge in [-0.15, -0.1) is 0 Å². The Labute approximate surface area is 165 Å². The molecule has 0 saturated heterocycles. The second kappa shape index (κ2) is 9.49. The number of hydrogen-bond acceptors (Lipinski definition) is 1. The Bertz CT molecular complexity index is 777. The van der Waals surface area contributed by atoms with Gasteiger partial charge in [0, 0.05) is 6.07 Å². The van der Waals surface area contributed by atoms with E-state index in [-0.39, 0.29) is 11.3 Å². The summed E-state index contributed by atoms with van der Waals surface area (Å²) in [6.45, 7) is 2.24. The molecule has 0 heterocycles. The predicted octanol–water partition coefficient (Wildman–Crippen LogP) is 7.63. The fourth-order valence-corrected chi connectivity index (χ4v) is 4.39. The number of halogens is 3. The zero-order valence-electron chi connectivity index (χ0n) is 16.7. The largest absolute Gasteiger partial charge is 0.496 e. The maximum Gasteiger partial charge on any atom is 0.195 e. The molecule has 0 bridgehead atoms. The first-order chi connectivity index (χ1) is 13.5. The monoisotopic (exact) mass is 390 g/mol. The van der Waals surface area contributed by atoms with Crippen LogP contribution >= 0.6 is 0 Å². The predicted molar refractivity (Wildman–Crippen MR) is 107 cm³/mol. The van der Waals surface area contributed by atoms with Gasteiger partial charge in [0.15, 0.2) is 17.5 Å². The summed E-state index contributed by atoms with van der Waals surface area (Å²) < 4.78 is 46.6. The molecule has 0 spiro atoms. The summed E-state index contributed by atoms with van der Waals surface area (Å²) in [7, 11) is 1.32. The quantitative estimate of drug-likeness (QED) is 0.349. The smallest absolute Gasteiger partial charge is 0.195 e. The minimum atomic E-state index is -1.47. The molecule has 0 N–H and O–H groups in total. The lowest BCUT2D eigenvalue weighted by Crippen LogP contribution is -2.13. The third kappa shape index (κ3) is 4.53. The maximum atomic E-state index is 14.3. The van der Waals surface area contributed by atoms with Crippen LogP contribution in [0.3, 0.4) is 0 Å². The van der Waals surface area contributed by atoms with Crippen molar-refractivity contribution in [1.82, 2.24) is 0 Å². The molecule has 2 aromatic rings. The van der Waals surface area contributed by atoms with Crippen LogP contribution < -0.4 is 4.74 Å². The average molecular weight is 390 g/mol. The third-order valence-corrected chi connectivity index (χ3v) is 6.08. The lowest BCUT2D eigenvalue weighted by molar-refractivity contribution is 0.303. The van der Waals surface area contributed by atoms with E-state index >= 15 is 0 Å². The van der Waals surface area contributed by atoms with Crippen molar-refractivity contribution in [3.05, 3.63) is 53.3 Å². The Balaban J connectivity index is 1.71. The average Bonchev–Trinajstić information content (AvgIpc) is 2.73. The molecule has 0 atom stereocenters. The summed E-state index contributed by atoms with van der Waals surface area (Å²) in [6, 6.07) is 8.42. The van der Waals surface area contributed by atoms with Gasteiger partial charge in [0.25, 0.3) is 0 Å². The van der Waals surface area contributed by atoms with E-state index in [0.717, 1.165) is 12.0 Å². The van der Waals surface area contributed by atoms with Crippen LogP contribution in [0, 0.1) is 23.4 Å². The molecule has 0 aliphatic heterocycles. The highest BCUT2D eigenvalue weighted by Gasteiger charge is 2.23. The van der Waals surface area contributed by atoms with Gasteiger partial charge in [-0.25, -0.2) is 13.2 Å². The molecule has 0 amide bonds. The molecule has 0 aromatic heterocycles. The van der Waals surface area contributed by atoms with Crippen LogP contribution in [-0.2, 0) is 0 Å². The lowest BCUT2D eigenvalue weighted by atomic mass is 9.77. The third-order valence-electron chi connectivity index (χ3n) is 6.08. The number of hydrogen-bond donors (Lipinski definition) is 0. The van der Waals surface area contributed by atoms with E-state index in [1.54, 1.807) is 12.1 Å². The van der Waals surface area contributed by atoms with Crippen molar-refractivity contribution in [2.24, 2.45) is 5.92 Å². The molecular formula is C24H29F3O. The fourth-order valence-electron chi connectivity index (χ4n) is 4.39. The number of methoxy groups -OCH3 is 1. The minimum Gasteiger partial charge on any atom is -0.496 e. The normalized spacial score (nSPS) is 19.6. The zero-order valence-corrected chi connectivity index (χ0v) is 16.7. The van der Waals surface area contributed by atoms with Crippen LogP contribution in [-0.4, -0.2) is 7.11 Å². The standard InChI is InChI=1S/C24H29F3O/c1-3-4-5-6-16-7-9-17(10-8-16)18-11-13-19(14-12-18)22-21(28-2)15-20(25)23(26)24(22)27/h11-17H,3-10H2,1-2H3. The van der Waals surface area contributed by atoms with E-state index in [4.69, 9.17) is 4.74 Å². The molecule has 3 rings (SSSR count). The molecule has 1 saturated carbocycles. The van der Waals surface area contributed by atoms with Crippen molar-refractivity contribution in [3.63, 3.8) is 0 Å². The van der Waals surface area contributed by atoms with Crippen molar-refractivity contribution in [2.45, 2.75) is 64.2 Å². The first kappa shape index (κ1) is 20.8. The lowest BCUT2D eigenvalue weighted by Gasteiger charge is -2.29. The summed E-state index contributed by atoms with van der Waals surface area (Å²) in [5.74, 6) is -2.56. The zero-order chi connectivity index (χ0) is 20.1. The van der Waals surface area contributed by atoms with Crippen LogP contribution in [0.2, 0.25) is 0 Å². The van der Waals surface area contributed by atoms with Gasteiger partial charge in [-0.2, -0.15) is 0 Å². The molecule has 1 fully saturated rings. The van der Waals surface area contributed by atoms with Crippen LogP contribution in [0.15, 0.2) is 30.3 Å². The van der Waals surface area contributed by atoms with E-state index in [9.17, 15) is 13.2 Å². The molecule has 1 aliphatic rings. The Morgan fingerprint density at radius 3 is 2.21 bits per heavy atom. The van der Waals surface area contributed by atoms with Crippen LogP contribution in [0.1, 0.15) is 69.8 Å². The van der Waals surface area contributed by atoms with Crippen molar-refractivity contribution < 1.29 is 17.9 Å². The SMILES string of the molecule is CCCCCC1CCC(c2ccc(-c3c(OC)cc(F)c(F)c3F)cc2)CC1. The first-order valence-electron chi connectivity index (χ1n) is 10.4. The topological polar surface area (TPSA) is 9.23 Å². The summed E-state index contributed by atoms with van der Waals surface area (Å²) in [6.07, 6.45) is 10.2. The van der Waals surface area contributed by atoms with Gasteiger partial charge < -0.3 is 4.74 Å². The second-order valence-electron chi connectivity index (χ2n) is 7.90. The van der Waals surface area contributed by atoms with Gasteiger partial charge in [-0.1, -0.05) is 56.9 Å². The summed E-state index contributed by atoms with van der Waals surface area (Å²) >= 11 is 0. The minimum absolute atomic E-state index is 0.00302. The van der Waals surface area contributed by atoms with Crippen molar-refractivity contribution in [1.29, 1.82) is 0 Å². The van der Waals surface area contributed by atoms with Gasteiger partial charge in [0.2, 0.25) is 0 Å². The summed E-state index contributed by atoms with van der Waals surface area (Å²) in [5, 5.41) is 0. The van der Waals surface area contributed by atoms with Crippen LogP contribution in [0.25, 0.3) is 11.1 Å². The van der Waals surface area contributed by atoms with Gasteiger partial charge >= 0.3 is 0 Å². The van der Waals surface area contributed by atoms with E-state index < -0.39 is 17.5 Å². The number of benzene rings is 2. The molecular weight excluding hydrogens is 361 g/mol. The first-order valence-corrected chi connectivity index (χ1v) is 10.4. The van der Waals surface area contributed by atoms with E-state index in [1.165, 1.54) is 64.0 Å². The van der Waals surface area contributed by atoms with Gasteiger partial charge in [-0.05, 0) is 48.6 Å². The van der Waals surface area contributed by atoms with Gasteiger partial charge in [0.1, 0.15) is 5.75 Å². The number of unbranched alkanes of at least 4 members (excludes halogenated alkanes) is 2. The van der Waals surface area contributed by atoms with E-state index in [0.29, 0.717) is 11.5 Å². The molecule has 1 nitrogen and oxygen atoms in total. The Morgan fingerprint density at radius 1 is 0.929 bits per heavy atom. The highest BCUT2D eigenvalue weighted by Crippen LogP contribution is 2.40. The van der Waals surface area contributed by atoms with Gasteiger partial charge in [0.05, 0.1) is 12.7 Å². The Morgan fingerprint density at radius 2 is 1.61 bits per heavy atom. The molecule has 0 radical (unpaired) electrons. The molecule has 28 heavy (non-hydrogen) atoms. The fraction of sp³-hybridized carbons (Fsp3) is 0.500. The van der Waals surface area contributed by atoms with Crippen LogP contribution in [0.5, 0.6) is 5.75 Å². The van der Waals surface area contributed by atoms with E-state index in [2.05, 4.69) is 6.92 Å². The maximum absolute atomic E-state index is 14.3. The van der Waals surface area contributed by atoms with Crippen molar-refractivity contribution in [3.8, 4) is 16.9 Å². The van der Waals surface area contributed by atoms with Crippen molar-refractivity contribution >= 4 is 0 Å². The van der Waals surface area contributed by atoms with Crippen molar-refractivity contribution in [2.75, 3.05) is 7.11 Å². The Kier molecular flexibility index (Phi) is 7.03. The molecule has 2 aromatic carbocycles. The van der Waals surface area contributed by atoms with E-state index in [1.807, 2.05) is 12.1 Å². The number of rotatable bonds is 7. The second-order valence-corrected chi connectivity index (χ2v) is 7.90. The molecule has 4 heteroatoms. The Hall–Kier alpha value is -1.97. The highest BCUT2D eigenvalue weighted by molar-refractivity contribution is 5.71. The summed E-state index contributed by atoms with van der Waals surface area (Å²) in [4.78, 5) is 0. The number of ether oxygens (including phenoxy) is 1.